The van der Waals surface area contributed by atoms with Crippen molar-refractivity contribution in [1.82, 2.24) is 15.1 Å². The molecule has 1 aromatic carbocycles. The second kappa shape index (κ2) is 8.68. The van der Waals surface area contributed by atoms with Crippen LogP contribution in [0.5, 0.6) is 0 Å². The van der Waals surface area contributed by atoms with Gasteiger partial charge in [0.25, 0.3) is 5.91 Å². The molecule has 1 fully saturated rings. The lowest BCUT2D eigenvalue weighted by Crippen LogP contribution is -3.14. The molecule has 1 amide bonds. The van der Waals surface area contributed by atoms with Crippen molar-refractivity contribution in [3.05, 3.63) is 59.1 Å². The van der Waals surface area contributed by atoms with E-state index in [1.54, 1.807) is 16.0 Å². The van der Waals surface area contributed by atoms with Crippen molar-refractivity contribution >= 4 is 17.2 Å². The van der Waals surface area contributed by atoms with Gasteiger partial charge in [-0.2, -0.15) is 5.10 Å². The number of benzene rings is 1. The van der Waals surface area contributed by atoms with Crippen LogP contribution < -0.4 is 10.2 Å². The van der Waals surface area contributed by atoms with Crippen molar-refractivity contribution in [3.8, 4) is 16.3 Å². The number of hydrogen-bond acceptors (Lipinski definition) is 4. The Balaban J connectivity index is 1.53. The SMILES string of the molecule is Cc1ccc(-n2nc(-c3cccs3)cc2C(=O)NCC[NH+]2CCOCC2)cc1. The Kier molecular flexibility index (Phi) is 5.85. The lowest BCUT2D eigenvalue weighted by atomic mass is 10.2. The van der Waals surface area contributed by atoms with Crippen LogP contribution in [0.15, 0.2) is 47.8 Å². The predicted octanol–water partition coefficient (Wildman–Crippen LogP) is 1.55. The highest BCUT2D eigenvalue weighted by Gasteiger charge is 2.19. The number of ether oxygens (including phenoxy) is 1. The van der Waals surface area contributed by atoms with Gasteiger partial charge in [-0.05, 0) is 36.6 Å². The fraction of sp³-hybridized carbons (Fsp3) is 0.333. The zero-order chi connectivity index (χ0) is 19.3. The molecule has 2 aromatic heterocycles. The Hall–Kier alpha value is -2.48. The van der Waals surface area contributed by atoms with Crippen LogP contribution in [0.3, 0.4) is 0 Å². The molecule has 0 unspecified atom stereocenters. The Bertz CT molecular complexity index is 913. The van der Waals surface area contributed by atoms with Gasteiger partial charge in [-0.1, -0.05) is 23.8 Å². The maximum absolute atomic E-state index is 12.9. The molecular weight excluding hydrogens is 372 g/mol. The average molecular weight is 398 g/mol. The highest BCUT2D eigenvalue weighted by molar-refractivity contribution is 7.13. The molecule has 6 nitrogen and oxygen atoms in total. The maximum Gasteiger partial charge on any atom is 0.270 e. The van der Waals surface area contributed by atoms with Crippen molar-refractivity contribution in [1.29, 1.82) is 0 Å². The van der Waals surface area contributed by atoms with Gasteiger partial charge in [-0.15, -0.1) is 11.3 Å². The molecule has 28 heavy (non-hydrogen) atoms. The molecule has 0 atom stereocenters. The summed E-state index contributed by atoms with van der Waals surface area (Å²) >= 11 is 1.62. The Morgan fingerprint density at radius 3 is 2.75 bits per heavy atom. The fourth-order valence-corrected chi connectivity index (χ4v) is 4.01. The number of quaternary nitrogens is 1. The van der Waals surface area contributed by atoms with Crippen LogP contribution >= 0.6 is 11.3 Å². The summed E-state index contributed by atoms with van der Waals surface area (Å²) in [5.74, 6) is -0.0939. The lowest BCUT2D eigenvalue weighted by Gasteiger charge is -2.23. The van der Waals surface area contributed by atoms with Crippen LogP contribution in [0.1, 0.15) is 16.1 Å². The third-order valence-electron chi connectivity index (χ3n) is 4.96. The predicted molar refractivity (Wildman–Crippen MR) is 110 cm³/mol. The smallest absolute Gasteiger partial charge is 0.270 e. The molecule has 0 spiro atoms. The van der Waals surface area contributed by atoms with Crippen molar-refractivity contribution in [2.24, 2.45) is 0 Å². The van der Waals surface area contributed by atoms with E-state index in [-0.39, 0.29) is 5.91 Å². The van der Waals surface area contributed by atoms with Crippen molar-refractivity contribution in [3.63, 3.8) is 0 Å². The van der Waals surface area contributed by atoms with Crippen molar-refractivity contribution in [2.75, 3.05) is 39.4 Å². The Morgan fingerprint density at radius 2 is 2.04 bits per heavy atom. The van der Waals surface area contributed by atoms with E-state index < -0.39 is 0 Å². The number of morpholine rings is 1. The standard InChI is InChI=1S/C21H24N4O2S/c1-16-4-6-17(7-5-16)25-19(15-18(23-25)20-3-2-14-28-20)21(26)22-8-9-24-10-12-27-13-11-24/h2-7,14-15H,8-13H2,1H3,(H,22,26)/p+1. The first-order chi connectivity index (χ1) is 13.7. The summed E-state index contributed by atoms with van der Waals surface area (Å²) in [6.07, 6.45) is 0. The molecule has 4 rings (SSSR count). The van der Waals surface area contributed by atoms with E-state index in [0.717, 1.165) is 49.1 Å². The molecule has 0 radical (unpaired) electrons. The van der Waals surface area contributed by atoms with E-state index >= 15 is 0 Å². The minimum Gasteiger partial charge on any atom is -0.370 e. The summed E-state index contributed by atoms with van der Waals surface area (Å²) in [6.45, 7) is 7.19. The quantitative estimate of drug-likeness (QED) is 0.664. The molecule has 1 saturated heterocycles. The summed E-state index contributed by atoms with van der Waals surface area (Å²) in [7, 11) is 0. The second-order valence-corrected chi connectivity index (χ2v) is 7.96. The zero-order valence-corrected chi connectivity index (χ0v) is 16.8. The first-order valence-corrected chi connectivity index (χ1v) is 10.5. The molecule has 0 bridgehead atoms. The number of carbonyl (C=O) groups is 1. The second-order valence-electron chi connectivity index (χ2n) is 7.01. The number of rotatable bonds is 6. The first kappa shape index (κ1) is 18.9. The van der Waals surface area contributed by atoms with E-state index in [4.69, 9.17) is 9.84 Å². The normalized spacial score (nSPS) is 14.9. The lowest BCUT2D eigenvalue weighted by molar-refractivity contribution is -0.906. The highest BCUT2D eigenvalue weighted by atomic mass is 32.1. The summed E-state index contributed by atoms with van der Waals surface area (Å²) in [6, 6.07) is 14.0. The van der Waals surface area contributed by atoms with Crippen LogP contribution in [0.25, 0.3) is 16.3 Å². The van der Waals surface area contributed by atoms with Gasteiger partial charge in [0, 0.05) is 0 Å². The number of aromatic nitrogens is 2. The summed E-state index contributed by atoms with van der Waals surface area (Å²) < 4.78 is 7.13. The molecular formula is C21H25N4O2S+. The Morgan fingerprint density at radius 1 is 1.25 bits per heavy atom. The molecule has 1 aliphatic heterocycles. The van der Waals surface area contributed by atoms with E-state index in [1.807, 2.05) is 54.8 Å². The van der Waals surface area contributed by atoms with Gasteiger partial charge in [0.05, 0.1) is 36.9 Å². The van der Waals surface area contributed by atoms with Gasteiger partial charge in [0.15, 0.2) is 0 Å². The number of nitrogens with one attached hydrogen (secondary N) is 2. The molecule has 2 N–H and O–H groups in total. The molecule has 3 heterocycles. The van der Waals surface area contributed by atoms with Gasteiger partial charge in [0.2, 0.25) is 0 Å². The summed E-state index contributed by atoms with van der Waals surface area (Å²) in [4.78, 5) is 15.5. The minimum atomic E-state index is -0.0939. The molecule has 146 valence electrons. The first-order valence-electron chi connectivity index (χ1n) is 9.61. The van der Waals surface area contributed by atoms with E-state index in [0.29, 0.717) is 12.2 Å². The molecule has 1 aliphatic rings. The number of thiophene rings is 1. The molecule has 0 saturated carbocycles. The zero-order valence-electron chi connectivity index (χ0n) is 16.0. The number of hydrogen-bond donors (Lipinski definition) is 2. The average Bonchev–Trinajstić information content (AvgIpc) is 3.39. The molecule has 3 aromatic rings. The van der Waals surface area contributed by atoms with Crippen LogP contribution in [-0.2, 0) is 4.74 Å². The van der Waals surface area contributed by atoms with E-state index in [2.05, 4.69) is 5.32 Å². The number of carbonyl (C=O) groups excluding carboxylic acids is 1. The van der Waals surface area contributed by atoms with Gasteiger partial charge < -0.3 is 15.0 Å². The third-order valence-corrected chi connectivity index (χ3v) is 5.85. The van der Waals surface area contributed by atoms with Crippen LogP contribution in [-0.4, -0.2) is 55.1 Å². The van der Waals surface area contributed by atoms with Gasteiger partial charge in [-0.3, -0.25) is 4.79 Å². The van der Waals surface area contributed by atoms with Gasteiger partial charge in [0.1, 0.15) is 24.5 Å². The molecule has 7 heteroatoms. The monoisotopic (exact) mass is 397 g/mol. The number of nitrogens with zero attached hydrogens (tertiary/aromatic N) is 2. The van der Waals surface area contributed by atoms with Crippen LogP contribution in [0.4, 0.5) is 0 Å². The van der Waals surface area contributed by atoms with Crippen molar-refractivity contribution in [2.45, 2.75) is 6.92 Å². The summed E-state index contributed by atoms with van der Waals surface area (Å²) in [5.41, 5.74) is 3.44. The minimum absolute atomic E-state index is 0.0939. The highest BCUT2D eigenvalue weighted by Crippen LogP contribution is 2.25. The van der Waals surface area contributed by atoms with E-state index in [1.165, 1.54) is 10.5 Å². The van der Waals surface area contributed by atoms with Crippen LogP contribution in [0.2, 0.25) is 0 Å². The third kappa shape index (κ3) is 4.32. The number of aryl methyl sites for hydroxylation is 1. The molecule has 0 aliphatic carbocycles. The van der Waals surface area contributed by atoms with Gasteiger partial charge in [-0.25, -0.2) is 4.68 Å². The Labute approximate surface area is 168 Å². The number of amides is 1. The van der Waals surface area contributed by atoms with Gasteiger partial charge >= 0.3 is 0 Å². The van der Waals surface area contributed by atoms with E-state index in [9.17, 15) is 4.79 Å². The van der Waals surface area contributed by atoms with Crippen molar-refractivity contribution < 1.29 is 14.4 Å². The van der Waals surface area contributed by atoms with Crippen LogP contribution in [0, 0.1) is 6.92 Å². The fourth-order valence-electron chi connectivity index (χ4n) is 3.32. The topological polar surface area (TPSA) is 60.6 Å². The largest absolute Gasteiger partial charge is 0.370 e. The maximum atomic E-state index is 12.9. The summed E-state index contributed by atoms with van der Waals surface area (Å²) in [5, 5.41) is 9.80.